The van der Waals surface area contributed by atoms with Gasteiger partial charge in [0.1, 0.15) is 0 Å². The van der Waals surface area contributed by atoms with Gasteiger partial charge in [-0.15, -0.1) is 0 Å². The quantitative estimate of drug-likeness (QED) is 0.573. The Balaban J connectivity index is 2.17. The van der Waals surface area contributed by atoms with E-state index >= 15 is 0 Å². The lowest BCUT2D eigenvalue weighted by atomic mass is 10.2. The van der Waals surface area contributed by atoms with Crippen LogP contribution in [0.5, 0.6) is 0 Å². The normalized spacial score (nSPS) is 10.3. The minimum atomic E-state index is -0.250. The topological polar surface area (TPSA) is 58.6 Å². The first-order valence-corrected chi connectivity index (χ1v) is 6.68. The summed E-state index contributed by atoms with van der Waals surface area (Å²) >= 11 is 0. The summed E-state index contributed by atoms with van der Waals surface area (Å²) in [5.74, 6) is -0.284. The molecule has 0 aliphatic rings. The van der Waals surface area contributed by atoms with E-state index in [2.05, 4.69) is 10.1 Å². The molecule has 1 N–H and O–H groups in total. The van der Waals surface area contributed by atoms with Gasteiger partial charge in [-0.2, -0.15) is 0 Å². The van der Waals surface area contributed by atoms with Crippen LogP contribution in [-0.4, -0.2) is 44.0 Å². The summed E-state index contributed by atoms with van der Waals surface area (Å²) < 4.78 is 4.53. The zero-order chi connectivity index (χ0) is 14.8. The van der Waals surface area contributed by atoms with E-state index in [0.717, 1.165) is 6.54 Å². The summed E-state index contributed by atoms with van der Waals surface area (Å²) in [7, 11) is 3.26. The molecule has 0 aliphatic carbocycles. The van der Waals surface area contributed by atoms with Crippen LogP contribution in [-0.2, 0) is 20.9 Å². The van der Waals surface area contributed by atoms with Crippen molar-refractivity contribution >= 4 is 11.9 Å². The van der Waals surface area contributed by atoms with Gasteiger partial charge < -0.3 is 10.1 Å². The molecule has 0 aromatic heterocycles. The monoisotopic (exact) mass is 278 g/mol. The Kier molecular flexibility index (Phi) is 7.35. The number of benzene rings is 1. The highest BCUT2D eigenvalue weighted by atomic mass is 16.5. The van der Waals surface area contributed by atoms with E-state index in [4.69, 9.17) is 0 Å². The second kappa shape index (κ2) is 9.09. The van der Waals surface area contributed by atoms with E-state index in [-0.39, 0.29) is 11.9 Å². The van der Waals surface area contributed by atoms with Crippen LogP contribution in [0.4, 0.5) is 0 Å². The van der Waals surface area contributed by atoms with Crippen LogP contribution in [0, 0.1) is 0 Å². The number of nitrogens with zero attached hydrogens (tertiary/aromatic N) is 1. The molecule has 20 heavy (non-hydrogen) atoms. The SMILES string of the molecule is COC(=O)CCCNC(=O)CN(C)Cc1ccccc1. The molecule has 0 spiro atoms. The zero-order valence-electron chi connectivity index (χ0n) is 12.1. The van der Waals surface area contributed by atoms with Crippen molar-refractivity contribution in [2.24, 2.45) is 0 Å². The maximum Gasteiger partial charge on any atom is 0.305 e. The number of carbonyl (C=O) groups excluding carboxylic acids is 2. The number of nitrogens with one attached hydrogen (secondary N) is 1. The number of methoxy groups -OCH3 is 1. The number of ether oxygens (including phenoxy) is 1. The number of hydrogen-bond acceptors (Lipinski definition) is 4. The van der Waals surface area contributed by atoms with Crippen LogP contribution in [0.25, 0.3) is 0 Å². The molecule has 0 atom stereocenters. The molecule has 1 rings (SSSR count). The van der Waals surface area contributed by atoms with Crippen molar-refractivity contribution in [3.05, 3.63) is 35.9 Å². The Morgan fingerprint density at radius 2 is 1.95 bits per heavy atom. The lowest BCUT2D eigenvalue weighted by Gasteiger charge is -2.16. The van der Waals surface area contributed by atoms with Crippen molar-refractivity contribution < 1.29 is 14.3 Å². The standard InChI is InChI=1S/C15H22N2O3/c1-17(11-13-7-4-3-5-8-13)12-14(18)16-10-6-9-15(19)20-2/h3-5,7-8H,6,9-12H2,1-2H3,(H,16,18). The molecule has 0 saturated carbocycles. The molecule has 0 fully saturated rings. The van der Waals surface area contributed by atoms with Crippen LogP contribution in [0.2, 0.25) is 0 Å². The van der Waals surface area contributed by atoms with Crippen molar-refractivity contribution in [3.8, 4) is 0 Å². The number of likely N-dealkylation sites (N-methyl/N-ethyl adjacent to an activating group) is 1. The fraction of sp³-hybridized carbons (Fsp3) is 0.467. The zero-order valence-corrected chi connectivity index (χ0v) is 12.1. The maximum absolute atomic E-state index is 11.7. The van der Waals surface area contributed by atoms with Crippen LogP contribution < -0.4 is 5.32 Å². The molecule has 1 aromatic carbocycles. The van der Waals surface area contributed by atoms with Gasteiger partial charge in [0.2, 0.25) is 5.91 Å². The van der Waals surface area contributed by atoms with E-state index in [1.165, 1.54) is 12.7 Å². The fourth-order valence-electron chi connectivity index (χ4n) is 1.81. The molecule has 0 heterocycles. The van der Waals surface area contributed by atoms with Gasteiger partial charge in [-0.05, 0) is 19.0 Å². The first kappa shape index (κ1) is 16.2. The van der Waals surface area contributed by atoms with E-state index in [1.807, 2.05) is 42.3 Å². The predicted octanol–water partition coefficient (Wildman–Crippen LogP) is 1.19. The molecule has 110 valence electrons. The molecule has 1 aromatic rings. The summed E-state index contributed by atoms with van der Waals surface area (Å²) in [6.45, 7) is 1.57. The van der Waals surface area contributed by atoms with Crippen LogP contribution in [0.3, 0.4) is 0 Å². The average molecular weight is 278 g/mol. The van der Waals surface area contributed by atoms with Crippen molar-refractivity contribution in [1.82, 2.24) is 10.2 Å². The number of amides is 1. The maximum atomic E-state index is 11.7. The van der Waals surface area contributed by atoms with Crippen molar-refractivity contribution in [2.75, 3.05) is 27.2 Å². The Morgan fingerprint density at radius 3 is 2.60 bits per heavy atom. The number of carbonyl (C=O) groups is 2. The number of esters is 1. The molecular formula is C15H22N2O3. The van der Waals surface area contributed by atoms with Crippen molar-refractivity contribution in [1.29, 1.82) is 0 Å². The highest BCUT2D eigenvalue weighted by Crippen LogP contribution is 2.01. The Labute approximate surface area is 119 Å². The molecule has 0 aliphatic heterocycles. The molecular weight excluding hydrogens is 256 g/mol. The predicted molar refractivity (Wildman–Crippen MR) is 77.0 cm³/mol. The van der Waals surface area contributed by atoms with E-state index in [1.54, 1.807) is 0 Å². The molecule has 0 bridgehead atoms. The molecule has 5 heteroatoms. The lowest BCUT2D eigenvalue weighted by Crippen LogP contribution is -2.35. The highest BCUT2D eigenvalue weighted by molar-refractivity contribution is 5.78. The largest absolute Gasteiger partial charge is 0.469 e. The molecule has 0 radical (unpaired) electrons. The third-order valence-corrected chi connectivity index (χ3v) is 2.82. The average Bonchev–Trinajstić information content (AvgIpc) is 2.44. The van der Waals surface area contributed by atoms with Gasteiger partial charge in [0.25, 0.3) is 0 Å². The Morgan fingerprint density at radius 1 is 1.25 bits per heavy atom. The second-order valence-electron chi connectivity index (χ2n) is 4.69. The first-order valence-electron chi connectivity index (χ1n) is 6.68. The number of rotatable bonds is 8. The molecule has 0 unspecified atom stereocenters. The minimum Gasteiger partial charge on any atom is -0.469 e. The summed E-state index contributed by atoms with van der Waals surface area (Å²) in [4.78, 5) is 24.5. The smallest absolute Gasteiger partial charge is 0.305 e. The summed E-state index contributed by atoms with van der Waals surface area (Å²) in [6.07, 6.45) is 0.928. The van der Waals surface area contributed by atoms with Crippen LogP contribution >= 0.6 is 0 Å². The first-order chi connectivity index (χ1) is 9.61. The summed E-state index contributed by atoms with van der Waals surface area (Å²) in [5.41, 5.74) is 1.17. The van der Waals surface area contributed by atoms with E-state index in [0.29, 0.717) is 25.9 Å². The van der Waals surface area contributed by atoms with Gasteiger partial charge in [0.15, 0.2) is 0 Å². The minimum absolute atomic E-state index is 0.0340. The van der Waals surface area contributed by atoms with Crippen molar-refractivity contribution in [3.63, 3.8) is 0 Å². The van der Waals surface area contributed by atoms with Crippen LogP contribution in [0.1, 0.15) is 18.4 Å². The van der Waals surface area contributed by atoms with Crippen molar-refractivity contribution in [2.45, 2.75) is 19.4 Å². The fourth-order valence-corrected chi connectivity index (χ4v) is 1.81. The third-order valence-electron chi connectivity index (χ3n) is 2.82. The van der Waals surface area contributed by atoms with Gasteiger partial charge >= 0.3 is 5.97 Å². The highest BCUT2D eigenvalue weighted by Gasteiger charge is 2.07. The van der Waals surface area contributed by atoms with Crippen LogP contribution in [0.15, 0.2) is 30.3 Å². The van der Waals surface area contributed by atoms with E-state index in [9.17, 15) is 9.59 Å². The van der Waals surface area contributed by atoms with E-state index < -0.39 is 0 Å². The van der Waals surface area contributed by atoms with Gasteiger partial charge in [-0.1, -0.05) is 30.3 Å². The molecule has 5 nitrogen and oxygen atoms in total. The van der Waals surface area contributed by atoms with Gasteiger partial charge in [-0.3, -0.25) is 14.5 Å². The summed E-state index contributed by atoms with van der Waals surface area (Å²) in [6, 6.07) is 10.00. The van der Waals surface area contributed by atoms with Gasteiger partial charge in [0.05, 0.1) is 13.7 Å². The Hall–Kier alpha value is -1.88. The molecule has 1 amide bonds. The summed E-state index contributed by atoms with van der Waals surface area (Å²) in [5, 5.41) is 2.79. The Bertz CT molecular complexity index is 420. The van der Waals surface area contributed by atoms with Gasteiger partial charge in [0, 0.05) is 19.5 Å². The molecule has 0 saturated heterocycles. The van der Waals surface area contributed by atoms with Gasteiger partial charge in [-0.25, -0.2) is 0 Å². The third kappa shape index (κ3) is 6.89. The second-order valence-corrected chi connectivity index (χ2v) is 4.69. The lowest BCUT2D eigenvalue weighted by molar-refractivity contribution is -0.140. The number of hydrogen-bond donors (Lipinski definition) is 1.